The second-order valence-electron chi connectivity index (χ2n) is 4.98. The Morgan fingerprint density at radius 3 is 3.20 bits per heavy atom. The molecule has 1 aromatic carbocycles. The molecule has 0 radical (unpaired) electrons. The number of ether oxygens (including phenoxy) is 1. The smallest absolute Gasteiger partial charge is 0.0860 e. The molecule has 2 atom stereocenters. The van der Waals surface area contributed by atoms with Crippen LogP contribution in [0.2, 0.25) is 0 Å². The van der Waals surface area contributed by atoms with E-state index in [1.807, 2.05) is 24.0 Å². The summed E-state index contributed by atoms with van der Waals surface area (Å²) >= 11 is 1.97. The molecule has 20 heavy (non-hydrogen) atoms. The highest BCUT2D eigenvalue weighted by Gasteiger charge is 2.25. The van der Waals surface area contributed by atoms with Crippen molar-refractivity contribution in [3.05, 3.63) is 42.1 Å². The third kappa shape index (κ3) is 2.97. The molecule has 1 aromatic heterocycles. The number of nitrogens with one attached hydrogen (secondary N) is 1. The fourth-order valence-electron chi connectivity index (χ4n) is 2.66. The number of nitrogens with zero attached hydrogens (tertiary/aromatic N) is 1. The zero-order chi connectivity index (χ0) is 13.8. The number of aromatic nitrogens is 1. The normalized spacial score (nSPS) is 20.9. The predicted molar refractivity (Wildman–Crippen MR) is 85.2 cm³/mol. The van der Waals surface area contributed by atoms with Crippen molar-refractivity contribution in [1.82, 2.24) is 10.3 Å². The Labute approximate surface area is 124 Å². The van der Waals surface area contributed by atoms with E-state index in [2.05, 4.69) is 41.5 Å². The van der Waals surface area contributed by atoms with Crippen LogP contribution in [0.5, 0.6) is 0 Å². The summed E-state index contributed by atoms with van der Waals surface area (Å²) in [6.45, 7) is 3.93. The summed E-state index contributed by atoms with van der Waals surface area (Å²) in [5.74, 6) is 2.16. The molecule has 1 aliphatic rings. The van der Waals surface area contributed by atoms with Gasteiger partial charge in [0.25, 0.3) is 0 Å². The van der Waals surface area contributed by atoms with Crippen molar-refractivity contribution < 1.29 is 4.74 Å². The highest BCUT2D eigenvalue weighted by Crippen LogP contribution is 2.27. The molecular formula is C16H20N2OS. The average Bonchev–Trinajstić information content (AvgIpc) is 2.53. The molecule has 3 rings (SSSR count). The van der Waals surface area contributed by atoms with E-state index in [1.54, 1.807) is 0 Å². The molecule has 0 aliphatic carbocycles. The minimum absolute atomic E-state index is 0.245. The van der Waals surface area contributed by atoms with E-state index in [1.165, 1.54) is 10.9 Å². The Kier molecular flexibility index (Phi) is 4.55. The first-order valence-corrected chi connectivity index (χ1v) is 8.31. The average molecular weight is 288 g/mol. The van der Waals surface area contributed by atoms with Crippen LogP contribution in [-0.2, 0) is 4.74 Å². The van der Waals surface area contributed by atoms with Crippen LogP contribution in [0.3, 0.4) is 0 Å². The van der Waals surface area contributed by atoms with Crippen molar-refractivity contribution in [3.8, 4) is 0 Å². The Bertz CT molecular complexity index is 569. The third-order valence-electron chi connectivity index (χ3n) is 3.63. The Morgan fingerprint density at radius 1 is 1.45 bits per heavy atom. The maximum atomic E-state index is 5.96. The lowest BCUT2D eigenvalue weighted by molar-refractivity contribution is 0.0472. The van der Waals surface area contributed by atoms with Gasteiger partial charge in [-0.25, -0.2) is 0 Å². The first-order chi connectivity index (χ1) is 9.88. The highest BCUT2D eigenvalue weighted by molar-refractivity contribution is 7.99. The molecule has 3 nitrogen and oxygen atoms in total. The lowest BCUT2D eigenvalue weighted by Crippen LogP contribution is -2.38. The van der Waals surface area contributed by atoms with E-state index in [4.69, 9.17) is 4.74 Å². The minimum atomic E-state index is 0.245. The molecule has 1 saturated heterocycles. The van der Waals surface area contributed by atoms with Gasteiger partial charge in [-0.15, -0.1) is 0 Å². The van der Waals surface area contributed by atoms with Gasteiger partial charge in [0.2, 0.25) is 0 Å². The number of thioether (sulfide) groups is 1. The molecule has 2 unspecified atom stereocenters. The van der Waals surface area contributed by atoms with Gasteiger partial charge in [0.1, 0.15) is 0 Å². The molecule has 0 amide bonds. The Morgan fingerprint density at radius 2 is 2.40 bits per heavy atom. The summed E-state index contributed by atoms with van der Waals surface area (Å²) in [7, 11) is 0. The lowest BCUT2D eigenvalue weighted by atomic mass is 10.00. The van der Waals surface area contributed by atoms with E-state index in [0.717, 1.165) is 30.2 Å². The van der Waals surface area contributed by atoms with Gasteiger partial charge in [0.05, 0.1) is 24.3 Å². The highest BCUT2D eigenvalue weighted by atomic mass is 32.2. The SMILES string of the molecule is CCNC(c1ccc2cccnc2c1)C1CSCCO1. The van der Waals surface area contributed by atoms with Crippen molar-refractivity contribution in [3.63, 3.8) is 0 Å². The van der Waals surface area contributed by atoms with Gasteiger partial charge < -0.3 is 10.1 Å². The standard InChI is InChI=1S/C16H20N2OS/c1-2-17-16(15-11-20-9-8-19-15)13-6-5-12-4-3-7-18-14(12)10-13/h3-7,10,15-17H,2,8-9,11H2,1H3. The van der Waals surface area contributed by atoms with Crippen LogP contribution >= 0.6 is 11.8 Å². The molecule has 0 spiro atoms. The maximum absolute atomic E-state index is 5.96. The predicted octanol–water partition coefficient (Wildman–Crippen LogP) is 3.02. The number of pyridine rings is 1. The number of hydrogen-bond donors (Lipinski definition) is 1. The summed E-state index contributed by atoms with van der Waals surface area (Å²) in [5.41, 5.74) is 2.32. The quantitative estimate of drug-likeness (QED) is 0.938. The second kappa shape index (κ2) is 6.57. The van der Waals surface area contributed by atoms with Crippen molar-refractivity contribution in [2.75, 3.05) is 24.7 Å². The van der Waals surface area contributed by atoms with Crippen molar-refractivity contribution in [2.24, 2.45) is 0 Å². The van der Waals surface area contributed by atoms with E-state index >= 15 is 0 Å². The fourth-order valence-corrected chi connectivity index (χ4v) is 3.56. The summed E-state index contributed by atoms with van der Waals surface area (Å²) < 4.78 is 5.96. The van der Waals surface area contributed by atoms with Crippen LogP contribution in [0, 0.1) is 0 Å². The summed E-state index contributed by atoms with van der Waals surface area (Å²) in [4.78, 5) is 4.46. The van der Waals surface area contributed by atoms with Crippen LogP contribution in [0.1, 0.15) is 18.5 Å². The summed E-state index contributed by atoms with van der Waals surface area (Å²) in [5, 5.41) is 4.75. The van der Waals surface area contributed by atoms with E-state index < -0.39 is 0 Å². The van der Waals surface area contributed by atoms with E-state index in [9.17, 15) is 0 Å². The Balaban J connectivity index is 1.91. The molecule has 4 heteroatoms. The molecule has 1 fully saturated rings. The number of benzene rings is 1. The first kappa shape index (κ1) is 13.9. The summed E-state index contributed by atoms with van der Waals surface area (Å²) in [6, 6.07) is 10.9. The van der Waals surface area contributed by atoms with Gasteiger partial charge in [0.15, 0.2) is 0 Å². The molecule has 106 valence electrons. The zero-order valence-electron chi connectivity index (χ0n) is 11.7. The zero-order valence-corrected chi connectivity index (χ0v) is 12.5. The van der Waals surface area contributed by atoms with Crippen LogP contribution < -0.4 is 5.32 Å². The van der Waals surface area contributed by atoms with Gasteiger partial charge in [-0.2, -0.15) is 11.8 Å². The van der Waals surface area contributed by atoms with Crippen LogP contribution in [0.4, 0.5) is 0 Å². The van der Waals surface area contributed by atoms with E-state index in [-0.39, 0.29) is 12.1 Å². The monoisotopic (exact) mass is 288 g/mol. The lowest BCUT2D eigenvalue weighted by Gasteiger charge is -2.31. The maximum Gasteiger partial charge on any atom is 0.0860 e. The first-order valence-electron chi connectivity index (χ1n) is 7.16. The van der Waals surface area contributed by atoms with Gasteiger partial charge in [-0.3, -0.25) is 4.98 Å². The third-order valence-corrected chi connectivity index (χ3v) is 4.65. The molecule has 1 aliphatic heterocycles. The second-order valence-corrected chi connectivity index (χ2v) is 6.12. The molecule has 0 saturated carbocycles. The molecule has 2 aromatic rings. The van der Waals surface area contributed by atoms with Crippen molar-refractivity contribution in [1.29, 1.82) is 0 Å². The number of likely N-dealkylation sites (N-methyl/N-ethyl adjacent to an activating group) is 1. The number of fused-ring (bicyclic) bond motifs is 1. The van der Waals surface area contributed by atoms with Crippen LogP contribution in [0.25, 0.3) is 10.9 Å². The van der Waals surface area contributed by atoms with Gasteiger partial charge in [-0.05, 0) is 24.2 Å². The minimum Gasteiger partial charge on any atom is -0.375 e. The summed E-state index contributed by atoms with van der Waals surface area (Å²) in [6.07, 6.45) is 2.09. The molecule has 1 N–H and O–H groups in total. The van der Waals surface area contributed by atoms with Crippen LogP contribution in [-0.4, -0.2) is 35.7 Å². The van der Waals surface area contributed by atoms with Crippen LogP contribution in [0.15, 0.2) is 36.5 Å². The van der Waals surface area contributed by atoms with Crippen molar-refractivity contribution in [2.45, 2.75) is 19.1 Å². The van der Waals surface area contributed by atoms with Crippen molar-refractivity contribution >= 4 is 22.7 Å². The number of rotatable bonds is 4. The number of hydrogen-bond acceptors (Lipinski definition) is 4. The molecule has 2 heterocycles. The van der Waals surface area contributed by atoms with Gasteiger partial charge in [-0.1, -0.05) is 25.1 Å². The van der Waals surface area contributed by atoms with E-state index in [0.29, 0.717) is 0 Å². The topological polar surface area (TPSA) is 34.2 Å². The van der Waals surface area contributed by atoms with Gasteiger partial charge in [0, 0.05) is 23.1 Å². The fraction of sp³-hybridized carbons (Fsp3) is 0.438. The largest absolute Gasteiger partial charge is 0.375 e. The Hall–Kier alpha value is -1.10. The molecule has 0 bridgehead atoms. The van der Waals surface area contributed by atoms with Gasteiger partial charge >= 0.3 is 0 Å². The molecular weight excluding hydrogens is 268 g/mol.